The first-order valence-corrected chi connectivity index (χ1v) is 10.6. The minimum Gasteiger partial charge on any atom is -0.345 e. The van der Waals surface area contributed by atoms with E-state index in [1.54, 1.807) is 18.7 Å². The lowest BCUT2D eigenvalue weighted by molar-refractivity contribution is -0.113. The van der Waals surface area contributed by atoms with Gasteiger partial charge in [0.05, 0.1) is 5.75 Å². The van der Waals surface area contributed by atoms with Gasteiger partial charge in [0.15, 0.2) is 5.16 Å². The molecular formula is C22H22N6OS. The van der Waals surface area contributed by atoms with Crippen LogP contribution in [0.4, 0.5) is 5.69 Å². The monoisotopic (exact) mass is 418 g/mol. The molecule has 2 aromatic carbocycles. The van der Waals surface area contributed by atoms with Crippen molar-refractivity contribution in [1.82, 2.24) is 24.7 Å². The van der Waals surface area contributed by atoms with E-state index in [0.29, 0.717) is 11.1 Å². The van der Waals surface area contributed by atoms with Gasteiger partial charge in [-0.25, -0.2) is 4.98 Å². The Bertz CT molecular complexity index is 1100. The Labute approximate surface area is 179 Å². The number of hydrogen-bond acceptors (Lipinski definition) is 5. The van der Waals surface area contributed by atoms with Gasteiger partial charge < -0.3 is 10.3 Å². The quantitative estimate of drug-likeness (QED) is 0.431. The lowest BCUT2D eigenvalue weighted by Gasteiger charge is -2.09. The number of anilines is 1. The standard InChI is InChI=1S/C22H22N6OS/c1-15(2)16-5-9-19(10-6-16)28-14-25-27-22(28)30-13-20(29)26-18-7-3-17(4-8-18)21-23-11-12-24-21/h3-12,14-15H,13H2,1-2H3,(H,23,24)(H,26,29). The summed E-state index contributed by atoms with van der Waals surface area (Å²) in [5.74, 6) is 1.41. The van der Waals surface area contributed by atoms with Gasteiger partial charge in [0, 0.05) is 29.3 Å². The Kier molecular flexibility index (Phi) is 5.94. The van der Waals surface area contributed by atoms with Crippen LogP contribution < -0.4 is 5.32 Å². The molecule has 7 nitrogen and oxygen atoms in total. The summed E-state index contributed by atoms with van der Waals surface area (Å²) in [6.07, 6.45) is 5.15. The van der Waals surface area contributed by atoms with Crippen molar-refractivity contribution in [2.24, 2.45) is 0 Å². The van der Waals surface area contributed by atoms with E-state index in [4.69, 9.17) is 0 Å². The average molecular weight is 419 g/mol. The van der Waals surface area contributed by atoms with Gasteiger partial charge in [-0.15, -0.1) is 10.2 Å². The fourth-order valence-electron chi connectivity index (χ4n) is 2.98. The number of amides is 1. The Hall–Kier alpha value is -3.39. The maximum atomic E-state index is 12.4. The maximum Gasteiger partial charge on any atom is 0.234 e. The molecule has 0 bridgehead atoms. The first-order chi connectivity index (χ1) is 14.6. The van der Waals surface area contributed by atoms with E-state index in [1.807, 2.05) is 41.0 Å². The van der Waals surface area contributed by atoms with Crippen molar-refractivity contribution in [2.75, 3.05) is 11.1 Å². The molecule has 2 heterocycles. The van der Waals surface area contributed by atoms with E-state index in [9.17, 15) is 4.79 Å². The van der Waals surface area contributed by atoms with Crippen molar-refractivity contribution < 1.29 is 4.79 Å². The smallest absolute Gasteiger partial charge is 0.234 e. The van der Waals surface area contributed by atoms with E-state index in [2.05, 4.69) is 51.5 Å². The number of benzene rings is 2. The second-order valence-electron chi connectivity index (χ2n) is 7.08. The molecule has 0 radical (unpaired) electrons. The molecule has 0 aliphatic rings. The molecule has 0 fully saturated rings. The summed E-state index contributed by atoms with van der Waals surface area (Å²) >= 11 is 1.35. The van der Waals surface area contributed by atoms with Crippen LogP contribution in [0.2, 0.25) is 0 Å². The minimum atomic E-state index is -0.101. The third-order valence-electron chi connectivity index (χ3n) is 4.63. The Morgan fingerprint density at radius 1 is 1.13 bits per heavy atom. The number of thioether (sulfide) groups is 1. The summed E-state index contributed by atoms with van der Waals surface area (Å²) in [6, 6.07) is 15.9. The highest BCUT2D eigenvalue weighted by Crippen LogP contribution is 2.22. The van der Waals surface area contributed by atoms with E-state index in [1.165, 1.54) is 17.3 Å². The molecule has 0 atom stereocenters. The van der Waals surface area contributed by atoms with Crippen LogP contribution in [-0.4, -0.2) is 36.4 Å². The van der Waals surface area contributed by atoms with Crippen molar-refractivity contribution in [3.8, 4) is 17.1 Å². The first-order valence-electron chi connectivity index (χ1n) is 9.63. The third-order valence-corrected chi connectivity index (χ3v) is 5.57. The zero-order valence-corrected chi connectivity index (χ0v) is 17.6. The highest BCUT2D eigenvalue weighted by Gasteiger charge is 2.11. The van der Waals surface area contributed by atoms with E-state index in [-0.39, 0.29) is 11.7 Å². The van der Waals surface area contributed by atoms with Gasteiger partial charge in [0.1, 0.15) is 12.2 Å². The SMILES string of the molecule is CC(C)c1ccc(-n2cnnc2SCC(=O)Nc2ccc(-c3ncc[nH]3)cc2)cc1. The van der Waals surface area contributed by atoms with Crippen LogP contribution in [0.5, 0.6) is 0 Å². The number of imidazole rings is 1. The zero-order chi connectivity index (χ0) is 20.9. The van der Waals surface area contributed by atoms with Gasteiger partial charge in [-0.05, 0) is 47.9 Å². The van der Waals surface area contributed by atoms with E-state index in [0.717, 1.165) is 22.8 Å². The molecule has 2 aromatic heterocycles. The van der Waals surface area contributed by atoms with Gasteiger partial charge in [-0.3, -0.25) is 9.36 Å². The third kappa shape index (κ3) is 4.60. The number of carbonyl (C=O) groups is 1. The zero-order valence-electron chi connectivity index (χ0n) is 16.7. The van der Waals surface area contributed by atoms with E-state index < -0.39 is 0 Å². The lowest BCUT2D eigenvalue weighted by atomic mass is 10.0. The average Bonchev–Trinajstić information content (AvgIpc) is 3.45. The Morgan fingerprint density at radius 2 is 1.90 bits per heavy atom. The van der Waals surface area contributed by atoms with Crippen molar-refractivity contribution >= 4 is 23.4 Å². The number of rotatable bonds is 7. The molecule has 30 heavy (non-hydrogen) atoms. The van der Waals surface area contributed by atoms with Gasteiger partial charge in [-0.1, -0.05) is 37.7 Å². The van der Waals surface area contributed by atoms with Crippen molar-refractivity contribution in [1.29, 1.82) is 0 Å². The summed E-state index contributed by atoms with van der Waals surface area (Å²) < 4.78 is 1.89. The second kappa shape index (κ2) is 8.96. The Balaban J connectivity index is 1.36. The molecular weight excluding hydrogens is 396 g/mol. The number of carbonyl (C=O) groups excluding carboxylic acids is 1. The molecule has 0 aliphatic heterocycles. The molecule has 0 saturated heterocycles. The molecule has 152 valence electrons. The summed E-state index contributed by atoms with van der Waals surface area (Å²) in [7, 11) is 0. The normalized spacial score (nSPS) is 11.0. The molecule has 0 saturated carbocycles. The predicted octanol–water partition coefficient (Wildman–Crippen LogP) is 4.51. The largest absolute Gasteiger partial charge is 0.345 e. The van der Waals surface area contributed by atoms with Crippen LogP contribution in [0.1, 0.15) is 25.3 Å². The van der Waals surface area contributed by atoms with Crippen LogP contribution in [0.15, 0.2) is 72.4 Å². The summed E-state index contributed by atoms with van der Waals surface area (Å²) in [5.41, 5.74) is 3.95. The highest BCUT2D eigenvalue weighted by molar-refractivity contribution is 7.99. The minimum absolute atomic E-state index is 0.101. The number of hydrogen-bond donors (Lipinski definition) is 2. The molecule has 4 rings (SSSR count). The number of aromatic nitrogens is 5. The predicted molar refractivity (Wildman–Crippen MR) is 119 cm³/mol. The molecule has 0 spiro atoms. The van der Waals surface area contributed by atoms with Gasteiger partial charge >= 0.3 is 0 Å². The van der Waals surface area contributed by atoms with E-state index >= 15 is 0 Å². The van der Waals surface area contributed by atoms with Gasteiger partial charge in [0.25, 0.3) is 0 Å². The van der Waals surface area contributed by atoms with Crippen LogP contribution in [0, 0.1) is 0 Å². The van der Waals surface area contributed by atoms with Crippen molar-refractivity contribution in [3.05, 3.63) is 72.8 Å². The van der Waals surface area contributed by atoms with Crippen LogP contribution in [0.25, 0.3) is 17.1 Å². The van der Waals surface area contributed by atoms with Crippen LogP contribution >= 0.6 is 11.8 Å². The van der Waals surface area contributed by atoms with Gasteiger partial charge in [0.2, 0.25) is 5.91 Å². The topological polar surface area (TPSA) is 88.5 Å². The number of nitrogens with one attached hydrogen (secondary N) is 2. The fourth-order valence-corrected chi connectivity index (χ4v) is 3.71. The maximum absolute atomic E-state index is 12.4. The van der Waals surface area contributed by atoms with Crippen molar-refractivity contribution in [2.45, 2.75) is 24.9 Å². The molecule has 2 N–H and O–H groups in total. The fraction of sp³-hybridized carbons (Fsp3) is 0.182. The molecule has 0 aliphatic carbocycles. The van der Waals surface area contributed by atoms with Crippen LogP contribution in [0.3, 0.4) is 0 Å². The molecule has 0 unspecified atom stereocenters. The lowest BCUT2D eigenvalue weighted by Crippen LogP contribution is -2.14. The molecule has 4 aromatic rings. The number of H-pyrrole nitrogens is 1. The molecule has 8 heteroatoms. The number of nitrogens with zero attached hydrogens (tertiary/aromatic N) is 4. The number of aromatic amines is 1. The summed E-state index contributed by atoms with van der Waals surface area (Å²) in [4.78, 5) is 19.7. The highest BCUT2D eigenvalue weighted by atomic mass is 32.2. The first kappa shape index (κ1) is 19.9. The van der Waals surface area contributed by atoms with Gasteiger partial charge in [-0.2, -0.15) is 0 Å². The van der Waals surface area contributed by atoms with Crippen molar-refractivity contribution in [3.63, 3.8) is 0 Å². The Morgan fingerprint density at radius 3 is 2.57 bits per heavy atom. The van der Waals surface area contributed by atoms with Crippen LogP contribution in [-0.2, 0) is 4.79 Å². The summed E-state index contributed by atoms with van der Waals surface area (Å²) in [5, 5.41) is 11.7. The molecule has 1 amide bonds. The summed E-state index contributed by atoms with van der Waals surface area (Å²) in [6.45, 7) is 4.33. The second-order valence-corrected chi connectivity index (χ2v) is 8.02.